The summed E-state index contributed by atoms with van der Waals surface area (Å²) in [7, 11) is -3.64. The lowest BCUT2D eigenvalue weighted by molar-refractivity contribution is 0.589. The number of benzene rings is 1. The molecule has 1 aromatic heterocycles. The van der Waals surface area contributed by atoms with Gasteiger partial charge >= 0.3 is 0 Å². The molecule has 0 aliphatic carbocycles. The van der Waals surface area contributed by atoms with Crippen LogP contribution in [0.5, 0.6) is 0 Å². The highest BCUT2D eigenvalue weighted by Gasteiger charge is 2.16. The quantitative estimate of drug-likeness (QED) is 0.842. The van der Waals surface area contributed by atoms with Gasteiger partial charge in [-0.25, -0.2) is 0 Å². The monoisotopic (exact) mass is 222 g/mol. The second-order valence-corrected chi connectivity index (χ2v) is 4.42. The van der Waals surface area contributed by atoms with Crippen LogP contribution in [0, 0.1) is 0 Å². The standard InChI is InChI=1S/C9H8N3O2S/c13-15(14,8-4-2-1-3-5-8)12-9-6-7-10-11-9/h1-7H,(H,10,11). The fourth-order valence-corrected chi connectivity index (χ4v) is 2.03. The van der Waals surface area contributed by atoms with E-state index in [0.29, 0.717) is 0 Å². The molecule has 5 nitrogen and oxygen atoms in total. The van der Waals surface area contributed by atoms with Crippen LogP contribution in [0.25, 0.3) is 0 Å². The van der Waals surface area contributed by atoms with Crippen molar-refractivity contribution < 1.29 is 8.42 Å². The van der Waals surface area contributed by atoms with Gasteiger partial charge in [-0.3, -0.25) is 5.10 Å². The van der Waals surface area contributed by atoms with Crippen molar-refractivity contribution in [1.29, 1.82) is 0 Å². The summed E-state index contributed by atoms with van der Waals surface area (Å²) in [6, 6.07) is 9.50. The zero-order valence-electron chi connectivity index (χ0n) is 7.66. The average Bonchev–Trinajstić information content (AvgIpc) is 2.71. The number of rotatable bonds is 3. The molecule has 0 aliphatic rings. The fourth-order valence-electron chi connectivity index (χ4n) is 1.07. The Hall–Kier alpha value is -1.82. The van der Waals surface area contributed by atoms with Gasteiger partial charge in [-0.2, -0.15) is 13.5 Å². The van der Waals surface area contributed by atoms with E-state index in [4.69, 9.17) is 0 Å². The molecule has 15 heavy (non-hydrogen) atoms. The lowest BCUT2D eigenvalue weighted by Gasteiger charge is -2.00. The number of H-pyrrole nitrogens is 1. The molecule has 0 saturated heterocycles. The molecular weight excluding hydrogens is 214 g/mol. The van der Waals surface area contributed by atoms with E-state index in [2.05, 4.69) is 14.9 Å². The third kappa shape index (κ3) is 2.16. The molecule has 0 amide bonds. The van der Waals surface area contributed by atoms with E-state index < -0.39 is 10.0 Å². The molecule has 0 spiro atoms. The minimum Gasteiger partial charge on any atom is -0.284 e. The van der Waals surface area contributed by atoms with Gasteiger partial charge in [0.25, 0.3) is 10.0 Å². The first kappa shape index (κ1) is 9.72. The molecule has 1 radical (unpaired) electrons. The summed E-state index contributed by atoms with van der Waals surface area (Å²) in [5.41, 5.74) is 0. The Bertz CT molecular complexity index is 520. The van der Waals surface area contributed by atoms with Crippen LogP contribution in [-0.4, -0.2) is 18.6 Å². The van der Waals surface area contributed by atoms with Crippen molar-refractivity contribution >= 4 is 15.8 Å². The first-order valence-electron chi connectivity index (χ1n) is 4.21. The first-order valence-corrected chi connectivity index (χ1v) is 5.65. The Morgan fingerprint density at radius 1 is 1.13 bits per heavy atom. The highest BCUT2D eigenvalue weighted by Crippen LogP contribution is 2.12. The second kappa shape index (κ2) is 3.74. The van der Waals surface area contributed by atoms with Crippen LogP contribution in [-0.2, 0) is 10.0 Å². The SMILES string of the molecule is O=S(=O)([N]c1cc[nH]n1)c1ccccc1. The van der Waals surface area contributed by atoms with E-state index in [-0.39, 0.29) is 10.7 Å². The largest absolute Gasteiger partial charge is 0.284 e. The third-order valence-corrected chi connectivity index (χ3v) is 3.04. The number of nitrogens with zero attached hydrogens (tertiary/aromatic N) is 2. The summed E-state index contributed by atoms with van der Waals surface area (Å²) in [6.07, 6.45) is 1.51. The molecule has 1 heterocycles. The predicted molar refractivity (Wildman–Crippen MR) is 54.0 cm³/mol. The maximum atomic E-state index is 11.7. The Labute approximate surface area is 87.2 Å². The van der Waals surface area contributed by atoms with Gasteiger partial charge in [-0.1, -0.05) is 18.2 Å². The Balaban J connectivity index is 2.29. The molecule has 0 fully saturated rings. The molecule has 1 N–H and O–H groups in total. The van der Waals surface area contributed by atoms with E-state index in [0.717, 1.165) is 0 Å². The van der Waals surface area contributed by atoms with Crippen molar-refractivity contribution in [2.24, 2.45) is 0 Å². The van der Waals surface area contributed by atoms with E-state index in [1.165, 1.54) is 24.4 Å². The zero-order chi connectivity index (χ0) is 10.7. The average molecular weight is 222 g/mol. The number of sulfonamides is 1. The van der Waals surface area contributed by atoms with Crippen molar-refractivity contribution in [2.45, 2.75) is 4.90 Å². The maximum Gasteiger partial charge on any atom is 0.284 e. The number of hydrogen-bond acceptors (Lipinski definition) is 3. The topological polar surface area (TPSA) is 76.9 Å². The van der Waals surface area contributed by atoms with Crippen LogP contribution in [0.15, 0.2) is 47.5 Å². The van der Waals surface area contributed by atoms with Crippen LogP contribution < -0.4 is 4.72 Å². The van der Waals surface area contributed by atoms with E-state index >= 15 is 0 Å². The van der Waals surface area contributed by atoms with Gasteiger partial charge < -0.3 is 0 Å². The minimum absolute atomic E-state index is 0.152. The molecule has 2 rings (SSSR count). The maximum absolute atomic E-state index is 11.7. The van der Waals surface area contributed by atoms with Gasteiger partial charge in [0.05, 0.1) is 4.90 Å². The van der Waals surface area contributed by atoms with Crippen LogP contribution in [0.2, 0.25) is 0 Å². The summed E-state index contributed by atoms with van der Waals surface area (Å²) in [5.74, 6) is 0.152. The zero-order valence-corrected chi connectivity index (χ0v) is 8.48. The van der Waals surface area contributed by atoms with E-state index in [1.807, 2.05) is 0 Å². The van der Waals surface area contributed by atoms with Gasteiger partial charge in [-0.15, -0.1) is 4.72 Å². The van der Waals surface area contributed by atoms with E-state index in [9.17, 15) is 8.42 Å². The molecule has 0 atom stereocenters. The lowest BCUT2D eigenvalue weighted by atomic mass is 10.4. The molecule has 77 valence electrons. The summed E-state index contributed by atoms with van der Waals surface area (Å²) >= 11 is 0. The van der Waals surface area contributed by atoms with Crippen molar-refractivity contribution in [3.63, 3.8) is 0 Å². The highest BCUT2D eigenvalue weighted by atomic mass is 32.2. The molecule has 1 aromatic carbocycles. The van der Waals surface area contributed by atoms with Gasteiger partial charge in [0.2, 0.25) is 0 Å². The van der Waals surface area contributed by atoms with Gasteiger partial charge in [0, 0.05) is 12.3 Å². The Morgan fingerprint density at radius 3 is 2.47 bits per heavy atom. The predicted octanol–water partition coefficient (Wildman–Crippen LogP) is 1.03. The summed E-state index contributed by atoms with van der Waals surface area (Å²) < 4.78 is 26.9. The van der Waals surface area contributed by atoms with Crippen LogP contribution in [0.1, 0.15) is 0 Å². The number of hydrogen-bond donors (Lipinski definition) is 1. The van der Waals surface area contributed by atoms with Crippen molar-refractivity contribution in [3.8, 4) is 0 Å². The van der Waals surface area contributed by atoms with Gasteiger partial charge in [0.15, 0.2) is 5.82 Å². The van der Waals surface area contributed by atoms with E-state index in [1.54, 1.807) is 18.2 Å². The van der Waals surface area contributed by atoms with Crippen molar-refractivity contribution in [2.75, 3.05) is 0 Å². The Kier molecular flexibility index (Phi) is 2.42. The summed E-state index contributed by atoms with van der Waals surface area (Å²) in [5, 5.41) is 6.15. The smallest absolute Gasteiger partial charge is 0.284 e. The second-order valence-electron chi connectivity index (χ2n) is 2.81. The van der Waals surface area contributed by atoms with Gasteiger partial charge in [-0.05, 0) is 12.1 Å². The summed E-state index contributed by atoms with van der Waals surface area (Å²) in [4.78, 5) is 0.160. The molecule has 0 bridgehead atoms. The van der Waals surface area contributed by atoms with Gasteiger partial charge in [0.1, 0.15) is 0 Å². The minimum atomic E-state index is -3.64. The van der Waals surface area contributed by atoms with Crippen LogP contribution in [0.4, 0.5) is 5.82 Å². The highest BCUT2D eigenvalue weighted by molar-refractivity contribution is 7.89. The molecule has 6 heteroatoms. The summed E-state index contributed by atoms with van der Waals surface area (Å²) in [6.45, 7) is 0. The molecule has 2 aromatic rings. The van der Waals surface area contributed by atoms with Crippen LogP contribution in [0.3, 0.4) is 0 Å². The fraction of sp³-hybridized carbons (Fsp3) is 0. The third-order valence-electron chi connectivity index (χ3n) is 1.74. The lowest BCUT2D eigenvalue weighted by Crippen LogP contribution is -2.11. The molecular formula is C9H8N3O2S. The van der Waals surface area contributed by atoms with Crippen molar-refractivity contribution in [3.05, 3.63) is 42.6 Å². The molecule has 0 unspecified atom stereocenters. The first-order chi connectivity index (χ1) is 7.18. The number of aromatic nitrogens is 2. The van der Waals surface area contributed by atoms with Crippen LogP contribution >= 0.6 is 0 Å². The number of aromatic amines is 1. The van der Waals surface area contributed by atoms with Crippen molar-refractivity contribution in [1.82, 2.24) is 14.9 Å². The normalized spacial score (nSPS) is 11.2. The number of nitrogens with one attached hydrogen (secondary N) is 1. The molecule has 0 saturated carbocycles. The molecule has 0 aliphatic heterocycles. The Morgan fingerprint density at radius 2 is 1.87 bits per heavy atom.